The first-order valence-corrected chi connectivity index (χ1v) is 9.12. The number of halogens is 1. The first-order chi connectivity index (χ1) is 12.8. The van der Waals surface area contributed by atoms with Gasteiger partial charge in [0, 0.05) is 38.4 Å². The van der Waals surface area contributed by atoms with Crippen LogP contribution in [-0.4, -0.2) is 43.6 Å². The Morgan fingerprint density at radius 1 is 1.04 bits per heavy atom. The summed E-state index contributed by atoms with van der Waals surface area (Å²) >= 11 is 0. The van der Waals surface area contributed by atoms with Gasteiger partial charge in [-0.15, -0.1) is 24.0 Å². The van der Waals surface area contributed by atoms with Crippen LogP contribution in [0.2, 0.25) is 0 Å². The predicted octanol–water partition coefficient (Wildman–Crippen LogP) is 3.46. The second-order valence-electron chi connectivity index (χ2n) is 6.29. The lowest BCUT2D eigenvalue weighted by molar-refractivity contribution is 0.372. The number of nitrogens with one attached hydrogen (secondary N) is 1. The van der Waals surface area contributed by atoms with Gasteiger partial charge in [-0.3, -0.25) is 0 Å². The van der Waals surface area contributed by atoms with E-state index >= 15 is 0 Å². The van der Waals surface area contributed by atoms with E-state index in [1.54, 1.807) is 0 Å². The minimum absolute atomic E-state index is 0. The number of para-hydroxylation sites is 1. The van der Waals surface area contributed by atoms with Crippen molar-refractivity contribution in [3.8, 4) is 6.07 Å². The molecule has 0 unspecified atom stereocenters. The van der Waals surface area contributed by atoms with Gasteiger partial charge < -0.3 is 15.1 Å². The number of hydrogen-bond donors (Lipinski definition) is 1. The number of benzene rings is 2. The summed E-state index contributed by atoms with van der Waals surface area (Å²) in [5, 5.41) is 12.3. The van der Waals surface area contributed by atoms with Crippen molar-refractivity contribution in [2.24, 2.45) is 4.99 Å². The van der Waals surface area contributed by atoms with Crippen molar-refractivity contribution in [3.05, 3.63) is 65.7 Å². The maximum absolute atomic E-state index is 8.89. The molecule has 0 atom stereocenters. The van der Waals surface area contributed by atoms with Crippen molar-refractivity contribution >= 4 is 35.6 Å². The highest BCUT2D eigenvalue weighted by atomic mass is 127. The summed E-state index contributed by atoms with van der Waals surface area (Å²) in [4.78, 5) is 9.53. The molecule has 6 heteroatoms. The number of rotatable bonds is 4. The summed E-state index contributed by atoms with van der Waals surface area (Å²) in [5.74, 6) is 0.963. The molecule has 3 rings (SSSR count). The maximum Gasteiger partial charge on any atom is 0.194 e. The quantitative estimate of drug-likeness (QED) is 0.418. The molecule has 0 aromatic heterocycles. The molecule has 0 radical (unpaired) electrons. The molecule has 1 heterocycles. The average molecular weight is 475 g/mol. The van der Waals surface area contributed by atoms with Crippen LogP contribution < -0.4 is 10.2 Å². The van der Waals surface area contributed by atoms with Crippen molar-refractivity contribution in [2.45, 2.75) is 13.5 Å². The van der Waals surface area contributed by atoms with E-state index in [0.29, 0.717) is 12.1 Å². The number of guanidine groups is 1. The molecule has 0 bridgehead atoms. The van der Waals surface area contributed by atoms with Crippen LogP contribution in [0.5, 0.6) is 0 Å². The molecule has 1 aliphatic heterocycles. The number of aliphatic imine (C=N–C) groups is 1. The number of hydrogen-bond acceptors (Lipinski definition) is 3. The number of nitrogens with zero attached hydrogens (tertiary/aromatic N) is 4. The van der Waals surface area contributed by atoms with Crippen LogP contribution in [0.3, 0.4) is 0 Å². The Hall–Kier alpha value is -2.27. The smallest absolute Gasteiger partial charge is 0.194 e. The molecule has 2 aromatic carbocycles. The predicted molar refractivity (Wildman–Crippen MR) is 122 cm³/mol. The second-order valence-corrected chi connectivity index (χ2v) is 6.29. The second kappa shape index (κ2) is 10.8. The minimum atomic E-state index is 0. The van der Waals surface area contributed by atoms with Crippen molar-refractivity contribution in [2.75, 3.05) is 37.6 Å². The molecule has 5 nitrogen and oxygen atoms in total. The fourth-order valence-electron chi connectivity index (χ4n) is 3.09. The highest BCUT2D eigenvalue weighted by Gasteiger charge is 2.19. The van der Waals surface area contributed by atoms with Crippen LogP contribution in [0, 0.1) is 11.3 Å². The Kier molecular flexibility index (Phi) is 8.40. The van der Waals surface area contributed by atoms with Gasteiger partial charge in [0.05, 0.1) is 18.2 Å². The van der Waals surface area contributed by atoms with E-state index in [1.165, 1.54) is 5.69 Å². The lowest BCUT2D eigenvalue weighted by Gasteiger charge is -2.37. The molecular formula is C21H26IN5. The summed E-state index contributed by atoms with van der Waals surface area (Å²) < 4.78 is 0. The van der Waals surface area contributed by atoms with Crippen LogP contribution in [0.4, 0.5) is 5.69 Å². The Morgan fingerprint density at radius 3 is 2.30 bits per heavy atom. The fourth-order valence-corrected chi connectivity index (χ4v) is 3.09. The third-order valence-corrected chi connectivity index (χ3v) is 4.53. The van der Waals surface area contributed by atoms with Gasteiger partial charge in [-0.1, -0.05) is 30.3 Å². The molecule has 142 valence electrons. The topological polar surface area (TPSA) is 54.7 Å². The van der Waals surface area contributed by atoms with E-state index < -0.39 is 0 Å². The fraction of sp³-hybridized carbons (Fsp3) is 0.333. The lowest BCUT2D eigenvalue weighted by Crippen LogP contribution is -2.52. The highest BCUT2D eigenvalue weighted by Crippen LogP contribution is 2.15. The molecule has 0 aliphatic carbocycles. The van der Waals surface area contributed by atoms with Crippen LogP contribution >= 0.6 is 24.0 Å². The summed E-state index contributed by atoms with van der Waals surface area (Å²) in [7, 11) is 0. The number of nitriles is 1. The van der Waals surface area contributed by atoms with Crippen molar-refractivity contribution in [3.63, 3.8) is 0 Å². The normalized spacial score (nSPS) is 14.3. The van der Waals surface area contributed by atoms with Crippen LogP contribution in [0.1, 0.15) is 18.1 Å². The highest BCUT2D eigenvalue weighted by molar-refractivity contribution is 14.0. The molecule has 2 aromatic rings. The molecule has 1 fully saturated rings. The molecule has 0 saturated carbocycles. The molecule has 1 aliphatic rings. The van der Waals surface area contributed by atoms with E-state index in [-0.39, 0.29) is 24.0 Å². The first kappa shape index (κ1) is 21.0. The van der Waals surface area contributed by atoms with Gasteiger partial charge in [-0.25, -0.2) is 4.99 Å². The third-order valence-electron chi connectivity index (χ3n) is 4.53. The molecule has 27 heavy (non-hydrogen) atoms. The average Bonchev–Trinajstić information content (AvgIpc) is 2.72. The largest absolute Gasteiger partial charge is 0.368 e. The monoisotopic (exact) mass is 475 g/mol. The first-order valence-electron chi connectivity index (χ1n) is 9.12. The SMILES string of the molecule is CCNC(=NCc1ccc(C#N)cc1)N1CCN(c2ccccc2)CC1.I. The van der Waals surface area contributed by atoms with Gasteiger partial charge in [-0.05, 0) is 36.8 Å². The zero-order chi connectivity index (χ0) is 18.2. The van der Waals surface area contributed by atoms with E-state index in [2.05, 4.69) is 58.4 Å². The summed E-state index contributed by atoms with van der Waals surface area (Å²) in [6.07, 6.45) is 0. The van der Waals surface area contributed by atoms with E-state index in [0.717, 1.165) is 44.2 Å². The lowest BCUT2D eigenvalue weighted by atomic mass is 10.1. The van der Waals surface area contributed by atoms with Gasteiger partial charge in [0.25, 0.3) is 0 Å². The van der Waals surface area contributed by atoms with E-state index in [9.17, 15) is 0 Å². The Morgan fingerprint density at radius 2 is 1.70 bits per heavy atom. The van der Waals surface area contributed by atoms with E-state index in [4.69, 9.17) is 10.3 Å². The van der Waals surface area contributed by atoms with Crippen LogP contribution in [0.15, 0.2) is 59.6 Å². The Labute approximate surface area is 178 Å². The van der Waals surface area contributed by atoms with Gasteiger partial charge in [0.15, 0.2) is 5.96 Å². The maximum atomic E-state index is 8.89. The molecule has 1 saturated heterocycles. The standard InChI is InChI=1S/C21H25N5.HI/c1-2-23-21(24-17-19-10-8-18(16-22)9-11-19)26-14-12-25(13-15-26)20-6-4-3-5-7-20;/h3-11H,2,12-15,17H2,1H3,(H,23,24);1H. The van der Waals surface area contributed by atoms with Gasteiger partial charge in [-0.2, -0.15) is 5.26 Å². The molecule has 0 spiro atoms. The van der Waals surface area contributed by atoms with Crippen molar-refractivity contribution in [1.29, 1.82) is 5.26 Å². The number of piperazine rings is 1. The van der Waals surface area contributed by atoms with Crippen LogP contribution in [-0.2, 0) is 6.54 Å². The van der Waals surface area contributed by atoms with Gasteiger partial charge >= 0.3 is 0 Å². The molecule has 1 N–H and O–H groups in total. The zero-order valence-corrected chi connectivity index (χ0v) is 18.0. The van der Waals surface area contributed by atoms with Crippen molar-refractivity contribution < 1.29 is 0 Å². The Balaban J connectivity index is 0.00000261. The van der Waals surface area contributed by atoms with Gasteiger partial charge in [0.1, 0.15) is 0 Å². The van der Waals surface area contributed by atoms with Crippen molar-refractivity contribution in [1.82, 2.24) is 10.2 Å². The number of anilines is 1. The molecule has 0 amide bonds. The van der Waals surface area contributed by atoms with Crippen LogP contribution in [0.25, 0.3) is 0 Å². The summed E-state index contributed by atoms with van der Waals surface area (Å²) in [5.41, 5.74) is 3.08. The third kappa shape index (κ3) is 5.86. The van der Waals surface area contributed by atoms with Gasteiger partial charge in [0.2, 0.25) is 0 Å². The van der Waals surface area contributed by atoms with E-state index in [1.807, 2.05) is 24.3 Å². The summed E-state index contributed by atoms with van der Waals surface area (Å²) in [6, 6.07) is 20.3. The summed E-state index contributed by atoms with van der Waals surface area (Å²) in [6.45, 7) is 7.45. The Bertz CT molecular complexity index is 759. The zero-order valence-electron chi connectivity index (χ0n) is 15.6. The minimum Gasteiger partial charge on any atom is -0.368 e. The molecular weight excluding hydrogens is 449 g/mol.